The molecule has 2 bridgehead atoms. The lowest BCUT2D eigenvalue weighted by Crippen LogP contribution is -2.40. The molecule has 10 rings (SSSR count). The summed E-state index contributed by atoms with van der Waals surface area (Å²) in [6.07, 6.45) is 8.52. The summed E-state index contributed by atoms with van der Waals surface area (Å²) in [4.78, 5) is 25.2. The number of hydrogen-bond donors (Lipinski definition) is 1. The first kappa shape index (κ1) is 29.8. The molecule has 4 aromatic heterocycles. The number of hydrogen-bond acceptors (Lipinski definition) is 7. The summed E-state index contributed by atoms with van der Waals surface area (Å²) in [7, 11) is 2.13. The normalized spacial score (nSPS) is 24.8. The number of rotatable bonds is 7. The zero-order valence-corrected chi connectivity index (χ0v) is 27.7. The van der Waals surface area contributed by atoms with E-state index in [1.165, 1.54) is 0 Å². The van der Waals surface area contributed by atoms with E-state index in [1.807, 2.05) is 30.5 Å². The van der Waals surface area contributed by atoms with E-state index in [2.05, 4.69) is 41.7 Å². The molecule has 10 heteroatoms. The van der Waals surface area contributed by atoms with Gasteiger partial charge in [-0.05, 0) is 89.2 Å². The maximum atomic E-state index is 17.1. The number of nitrogens with one attached hydrogen (secondary N) is 1. The number of aryl methyl sites for hydroxylation is 1. The molecule has 9 nitrogen and oxygen atoms in total. The molecule has 3 saturated heterocycles. The monoisotopic (exact) mass is 648 g/mol. The first-order valence-corrected chi connectivity index (χ1v) is 17.4. The lowest BCUT2D eigenvalue weighted by molar-refractivity contribution is 0.119. The topological polar surface area (TPSA) is 86.4 Å². The number of para-hydroxylation sites is 1. The van der Waals surface area contributed by atoms with E-state index in [0.717, 1.165) is 67.4 Å². The van der Waals surface area contributed by atoms with E-state index in [0.29, 0.717) is 41.1 Å². The third-order valence-electron chi connectivity index (χ3n) is 11.5. The van der Waals surface area contributed by atoms with Gasteiger partial charge >= 0.3 is 0 Å². The van der Waals surface area contributed by atoms with Gasteiger partial charge in [0.1, 0.15) is 23.1 Å². The quantitative estimate of drug-likeness (QED) is 0.236. The lowest BCUT2D eigenvalue weighted by atomic mass is 9.79. The number of likely N-dealkylation sites (N-methyl/N-ethyl adjacent to an activating group) is 1. The molecule has 248 valence electrons. The average Bonchev–Trinajstić information content (AvgIpc) is 3.90. The van der Waals surface area contributed by atoms with Gasteiger partial charge in [-0.25, -0.2) is 9.37 Å². The Morgan fingerprint density at radius 3 is 2.79 bits per heavy atom. The van der Waals surface area contributed by atoms with E-state index in [9.17, 15) is 4.79 Å². The van der Waals surface area contributed by atoms with Crippen LogP contribution in [0.3, 0.4) is 0 Å². The van der Waals surface area contributed by atoms with E-state index in [-0.39, 0.29) is 41.0 Å². The zero-order chi connectivity index (χ0) is 32.7. The van der Waals surface area contributed by atoms with Gasteiger partial charge in [0, 0.05) is 53.7 Å². The third kappa shape index (κ3) is 4.52. The minimum atomic E-state index is -0.483. The Bertz CT molecular complexity index is 2110. The maximum Gasteiger partial charge on any atom is 0.251 e. The van der Waals surface area contributed by atoms with E-state index >= 15 is 4.39 Å². The number of benzene rings is 1. The summed E-state index contributed by atoms with van der Waals surface area (Å²) in [6, 6.07) is 13.7. The Hall–Kier alpha value is -4.28. The van der Waals surface area contributed by atoms with Crippen LogP contribution in [0.4, 0.5) is 4.39 Å². The van der Waals surface area contributed by atoms with Crippen molar-refractivity contribution in [3.05, 3.63) is 82.3 Å². The first-order chi connectivity index (χ1) is 23.4. The second-order valence-electron chi connectivity index (χ2n) is 14.2. The van der Waals surface area contributed by atoms with Crippen molar-refractivity contribution in [2.75, 3.05) is 26.7 Å². The van der Waals surface area contributed by atoms with Crippen LogP contribution in [0, 0.1) is 11.7 Å². The van der Waals surface area contributed by atoms with Crippen LogP contribution in [0.1, 0.15) is 62.9 Å². The standard InChI is InChI=1S/C38H41FN6O3/c1-21(44-15-5-4-13-31(44)46)30-18-26-36(45(30)35-24-17-28(35)40-19-24)27-20-41-33(25-11-6-9-23-10-8-16-47-37(23)25)32(39)34(27)42-38(26)48-22(2)29-12-7-14-43(29)3/h4-6,9,11,13,15,18,20-22,24,28-29,35,40H,7-8,10,12,14,16-17,19H2,1-3H3/t21-,22+,24-,28-,29+,35+/m1/s1. The smallest absolute Gasteiger partial charge is 0.251 e. The fourth-order valence-electron chi connectivity index (χ4n) is 8.93. The van der Waals surface area contributed by atoms with Crippen LogP contribution in [0.2, 0.25) is 0 Å². The number of ether oxygens (including phenoxy) is 2. The van der Waals surface area contributed by atoms with Crippen molar-refractivity contribution in [2.24, 2.45) is 5.92 Å². The van der Waals surface area contributed by atoms with Crippen LogP contribution in [-0.2, 0) is 6.42 Å². The minimum absolute atomic E-state index is 0.0698. The predicted molar refractivity (Wildman–Crippen MR) is 183 cm³/mol. The molecule has 1 aliphatic carbocycles. The van der Waals surface area contributed by atoms with Gasteiger partial charge in [0.15, 0.2) is 5.82 Å². The Balaban J connectivity index is 1.30. The molecule has 5 aromatic rings. The van der Waals surface area contributed by atoms with Crippen LogP contribution < -0.4 is 20.3 Å². The molecule has 1 N–H and O–H groups in total. The molecule has 1 saturated carbocycles. The van der Waals surface area contributed by atoms with Gasteiger partial charge < -0.3 is 23.9 Å². The molecule has 4 fully saturated rings. The van der Waals surface area contributed by atoms with Crippen molar-refractivity contribution < 1.29 is 13.9 Å². The molecule has 5 aliphatic rings. The van der Waals surface area contributed by atoms with Crippen molar-refractivity contribution in [2.45, 2.75) is 76.2 Å². The third-order valence-corrected chi connectivity index (χ3v) is 11.5. The van der Waals surface area contributed by atoms with Gasteiger partial charge in [-0.2, -0.15) is 0 Å². The molecule has 6 atom stereocenters. The van der Waals surface area contributed by atoms with Gasteiger partial charge in [0.05, 0.1) is 29.6 Å². The lowest BCUT2D eigenvalue weighted by Gasteiger charge is -2.38. The Morgan fingerprint density at radius 2 is 2.02 bits per heavy atom. The first-order valence-electron chi connectivity index (χ1n) is 17.4. The van der Waals surface area contributed by atoms with Crippen molar-refractivity contribution in [3.63, 3.8) is 0 Å². The molecule has 0 radical (unpaired) electrons. The van der Waals surface area contributed by atoms with E-state index in [4.69, 9.17) is 19.4 Å². The van der Waals surface area contributed by atoms with E-state index in [1.54, 1.807) is 22.9 Å². The molecular weight excluding hydrogens is 607 g/mol. The van der Waals surface area contributed by atoms with Gasteiger partial charge in [0.2, 0.25) is 5.88 Å². The highest BCUT2D eigenvalue weighted by Gasteiger charge is 2.49. The van der Waals surface area contributed by atoms with Crippen LogP contribution in [0.15, 0.2) is 59.7 Å². The van der Waals surface area contributed by atoms with Gasteiger partial charge in [-0.1, -0.05) is 18.2 Å². The highest BCUT2D eigenvalue weighted by molar-refractivity contribution is 6.07. The molecule has 0 unspecified atom stereocenters. The summed E-state index contributed by atoms with van der Waals surface area (Å²) >= 11 is 0. The van der Waals surface area contributed by atoms with Crippen molar-refractivity contribution in [1.29, 1.82) is 0 Å². The number of fused-ring (bicyclic) bond motifs is 5. The Kier molecular flexibility index (Phi) is 7.09. The SMILES string of the molecule is C[C@H](Oc1nc2c(F)c(-c3cccc4c3OCCC4)ncc2c2c1cc([C@@H](C)n1ccccc1=O)n2[C@H]1[C@H]2CN[C@@H]1C2)[C@@H]1CCCN1C. The second kappa shape index (κ2) is 11.4. The van der Waals surface area contributed by atoms with Crippen LogP contribution >= 0.6 is 0 Å². The predicted octanol–water partition coefficient (Wildman–Crippen LogP) is 5.88. The van der Waals surface area contributed by atoms with Gasteiger partial charge in [-0.15, -0.1) is 0 Å². The molecule has 4 aliphatic heterocycles. The van der Waals surface area contributed by atoms with Crippen molar-refractivity contribution in [3.8, 4) is 22.9 Å². The summed E-state index contributed by atoms with van der Waals surface area (Å²) < 4.78 is 34.1. The largest absolute Gasteiger partial charge is 0.493 e. The molecule has 0 amide bonds. The van der Waals surface area contributed by atoms with Crippen molar-refractivity contribution in [1.82, 2.24) is 29.3 Å². The van der Waals surface area contributed by atoms with Gasteiger partial charge in [0.25, 0.3) is 5.56 Å². The molecule has 1 aromatic carbocycles. The molecule has 0 spiro atoms. The minimum Gasteiger partial charge on any atom is -0.493 e. The average molecular weight is 649 g/mol. The summed E-state index contributed by atoms with van der Waals surface area (Å²) in [5.74, 6) is 1.08. The number of aromatic nitrogens is 4. The van der Waals surface area contributed by atoms with E-state index < -0.39 is 5.82 Å². The highest BCUT2D eigenvalue weighted by Crippen LogP contribution is 2.50. The van der Waals surface area contributed by atoms with Crippen LogP contribution in [0.5, 0.6) is 11.6 Å². The fourth-order valence-corrected chi connectivity index (χ4v) is 8.93. The molecule has 8 heterocycles. The summed E-state index contributed by atoms with van der Waals surface area (Å²) in [6.45, 7) is 6.70. The second-order valence-corrected chi connectivity index (χ2v) is 14.2. The van der Waals surface area contributed by atoms with Crippen LogP contribution in [-0.4, -0.2) is 68.9 Å². The van der Waals surface area contributed by atoms with Crippen molar-refractivity contribution >= 4 is 21.8 Å². The molecule has 48 heavy (non-hydrogen) atoms. The Morgan fingerprint density at radius 1 is 1.12 bits per heavy atom. The van der Waals surface area contributed by atoms with Crippen LogP contribution in [0.25, 0.3) is 33.1 Å². The number of pyridine rings is 3. The summed E-state index contributed by atoms with van der Waals surface area (Å²) in [5.41, 5.74) is 3.94. The Labute approximate surface area is 278 Å². The molecular formula is C38H41FN6O3. The highest BCUT2D eigenvalue weighted by atomic mass is 19.1. The van der Waals surface area contributed by atoms with Gasteiger partial charge in [-0.3, -0.25) is 14.7 Å². The number of halogens is 1. The summed E-state index contributed by atoms with van der Waals surface area (Å²) in [5, 5.41) is 5.14. The number of nitrogens with zero attached hydrogens (tertiary/aromatic N) is 5. The maximum absolute atomic E-state index is 17.1. The number of likely N-dealkylation sites (tertiary alicyclic amines) is 1. The fraction of sp³-hybridized carbons (Fsp3) is 0.447. The zero-order valence-electron chi connectivity index (χ0n) is 27.7.